The lowest BCUT2D eigenvalue weighted by Crippen LogP contribution is -2.37. The van der Waals surface area contributed by atoms with E-state index in [4.69, 9.17) is 0 Å². The molecule has 138 valence electrons. The van der Waals surface area contributed by atoms with Crippen LogP contribution < -0.4 is 10.0 Å². The molecule has 0 fully saturated rings. The molecule has 0 saturated heterocycles. The fourth-order valence-corrected chi connectivity index (χ4v) is 3.12. The van der Waals surface area contributed by atoms with Gasteiger partial charge in [0.15, 0.2) is 0 Å². The zero-order valence-electron chi connectivity index (χ0n) is 14.5. The fraction of sp³-hybridized carbons (Fsp3) is 0.235. The molecule has 0 unspecified atom stereocenters. The predicted octanol–water partition coefficient (Wildman–Crippen LogP) is 0.977. The van der Waals surface area contributed by atoms with Crippen LogP contribution in [0.2, 0.25) is 0 Å². The number of nitrogens with one attached hydrogen (secondary N) is 2. The van der Waals surface area contributed by atoms with Gasteiger partial charge in [0.2, 0.25) is 21.8 Å². The summed E-state index contributed by atoms with van der Waals surface area (Å²) in [5.74, 6) is -0.617. The Bertz CT molecular complexity index is 867. The number of pyridine rings is 1. The van der Waals surface area contributed by atoms with Crippen LogP contribution in [0.5, 0.6) is 0 Å². The molecule has 0 saturated carbocycles. The van der Waals surface area contributed by atoms with E-state index in [1.54, 1.807) is 25.5 Å². The SMILES string of the molecule is CC(=O)Nc1ccc(S(=O)(=O)NCC(=O)N(C)Cc2cccnc2)cc1. The fourth-order valence-electron chi connectivity index (χ4n) is 2.15. The molecule has 8 nitrogen and oxygen atoms in total. The summed E-state index contributed by atoms with van der Waals surface area (Å²) in [6.45, 7) is 1.34. The minimum atomic E-state index is -3.83. The Morgan fingerprint density at radius 2 is 1.85 bits per heavy atom. The molecule has 26 heavy (non-hydrogen) atoms. The largest absolute Gasteiger partial charge is 0.340 e. The second kappa shape index (κ2) is 8.54. The van der Waals surface area contributed by atoms with Gasteiger partial charge in [0.05, 0.1) is 11.4 Å². The van der Waals surface area contributed by atoms with Crippen LogP contribution in [-0.4, -0.2) is 43.7 Å². The summed E-state index contributed by atoms with van der Waals surface area (Å²) >= 11 is 0. The highest BCUT2D eigenvalue weighted by Crippen LogP contribution is 2.14. The first kappa shape index (κ1) is 19.5. The summed E-state index contributed by atoms with van der Waals surface area (Å²) in [4.78, 5) is 28.5. The Labute approximate surface area is 152 Å². The molecule has 2 rings (SSSR count). The molecule has 0 spiro atoms. The lowest BCUT2D eigenvalue weighted by molar-refractivity contribution is -0.129. The normalized spacial score (nSPS) is 11.0. The third-order valence-corrected chi connectivity index (χ3v) is 4.88. The minimum Gasteiger partial charge on any atom is -0.340 e. The Morgan fingerprint density at radius 3 is 2.42 bits per heavy atom. The average molecular weight is 376 g/mol. The van der Waals surface area contributed by atoms with E-state index in [-0.39, 0.29) is 23.3 Å². The third kappa shape index (κ3) is 5.64. The molecule has 2 N–H and O–H groups in total. The maximum absolute atomic E-state index is 12.3. The van der Waals surface area contributed by atoms with Crippen molar-refractivity contribution < 1.29 is 18.0 Å². The van der Waals surface area contributed by atoms with Gasteiger partial charge < -0.3 is 10.2 Å². The third-order valence-electron chi connectivity index (χ3n) is 3.47. The van der Waals surface area contributed by atoms with Crippen LogP contribution in [0.1, 0.15) is 12.5 Å². The number of hydrogen-bond acceptors (Lipinski definition) is 5. The van der Waals surface area contributed by atoms with Gasteiger partial charge in [-0.25, -0.2) is 13.1 Å². The van der Waals surface area contributed by atoms with Crippen molar-refractivity contribution in [3.63, 3.8) is 0 Å². The van der Waals surface area contributed by atoms with Crippen LogP contribution in [0.15, 0.2) is 53.7 Å². The highest BCUT2D eigenvalue weighted by Gasteiger charge is 2.17. The van der Waals surface area contributed by atoms with Crippen molar-refractivity contribution in [3.05, 3.63) is 54.4 Å². The molecule has 1 aromatic heterocycles. The molecule has 0 atom stereocenters. The van der Waals surface area contributed by atoms with Crippen LogP contribution in [0.25, 0.3) is 0 Å². The molecule has 9 heteroatoms. The van der Waals surface area contributed by atoms with Crippen LogP contribution in [0.3, 0.4) is 0 Å². The van der Waals surface area contributed by atoms with Crippen LogP contribution in [-0.2, 0) is 26.2 Å². The van der Waals surface area contributed by atoms with Gasteiger partial charge >= 0.3 is 0 Å². The number of nitrogens with zero attached hydrogens (tertiary/aromatic N) is 2. The summed E-state index contributed by atoms with van der Waals surface area (Å²) in [5.41, 5.74) is 1.34. The van der Waals surface area contributed by atoms with Crippen LogP contribution >= 0.6 is 0 Å². The van der Waals surface area contributed by atoms with Crippen molar-refractivity contribution in [1.29, 1.82) is 0 Å². The zero-order valence-corrected chi connectivity index (χ0v) is 15.3. The van der Waals surface area contributed by atoms with E-state index in [0.717, 1.165) is 5.56 Å². The number of sulfonamides is 1. The molecule has 1 heterocycles. The van der Waals surface area contributed by atoms with Crippen molar-refractivity contribution >= 4 is 27.5 Å². The number of carbonyl (C=O) groups excluding carboxylic acids is 2. The van der Waals surface area contributed by atoms with Gasteiger partial charge in [0.25, 0.3) is 0 Å². The predicted molar refractivity (Wildman–Crippen MR) is 96.6 cm³/mol. The number of likely N-dealkylation sites (N-methyl/N-ethyl adjacent to an activating group) is 1. The summed E-state index contributed by atoms with van der Waals surface area (Å²) in [6.07, 6.45) is 3.28. The van der Waals surface area contributed by atoms with Crippen molar-refractivity contribution in [3.8, 4) is 0 Å². The van der Waals surface area contributed by atoms with E-state index in [1.807, 2.05) is 6.07 Å². The maximum Gasteiger partial charge on any atom is 0.241 e. The Balaban J connectivity index is 1.94. The zero-order chi connectivity index (χ0) is 19.2. The topological polar surface area (TPSA) is 108 Å². The molecule has 0 aliphatic rings. The number of amides is 2. The smallest absolute Gasteiger partial charge is 0.241 e. The van der Waals surface area contributed by atoms with Gasteiger partial charge in [-0.05, 0) is 35.9 Å². The van der Waals surface area contributed by atoms with Crippen molar-refractivity contribution in [2.45, 2.75) is 18.4 Å². The van der Waals surface area contributed by atoms with E-state index >= 15 is 0 Å². The van der Waals surface area contributed by atoms with Gasteiger partial charge in [-0.1, -0.05) is 6.07 Å². The van der Waals surface area contributed by atoms with E-state index in [9.17, 15) is 18.0 Å². The molecular formula is C17H20N4O4S. The second-order valence-corrected chi connectivity index (χ2v) is 7.41. The van der Waals surface area contributed by atoms with Gasteiger partial charge in [-0.2, -0.15) is 0 Å². The van der Waals surface area contributed by atoms with Crippen molar-refractivity contribution in [1.82, 2.24) is 14.6 Å². The Morgan fingerprint density at radius 1 is 1.15 bits per heavy atom. The number of anilines is 1. The Kier molecular flexibility index (Phi) is 6.42. The first-order valence-electron chi connectivity index (χ1n) is 7.78. The van der Waals surface area contributed by atoms with Crippen molar-refractivity contribution in [2.75, 3.05) is 18.9 Å². The highest BCUT2D eigenvalue weighted by atomic mass is 32.2. The van der Waals surface area contributed by atoms with Gasteiger partial charge in [0.1, 0.15) is 0 Å². The molecule has 2 amide bonds. The monoisotopic (exact) mass is 376 g/mol. The number of aromatic nitrogens is 1. The Hall–Kier alpha value is -2.78. The quantitative estimate of drug-likeness (QED) is 0.749. The molecule has 0 aliphatic heterocycles. The molecule has 0 bridgehead atoms. The molecule has 2 aromatic rings. The van der Waals surface area contributed by atoms with Gasteiger partial charge in [0, 0.05) is 38.6 Å². The first-order chi connectivity index (χ1) is 12.3. The summed E-state index contributed by atoms with van der Waals surface area (Å²) in [6, 6.07) is 9.27. The molecular weight excluding hydrogens is 356 g/mol. The van der Waals surface area contributed by atoms with Crippen molar-refractivity contribution in [2.24, 2.45) is 0 Å². The lowest BCUT2D eigenvalue weighted by atomic mass is 10.3. The molecule has 0 aliphatic carbocycles. The van der Waals surface area contributed by atoms with E-state index in [1.165, 1.54) is 36.1 Å². The van der Waals surface area contributed by atoms with E-state index in [2.05, 4.69) is 15.0 Å². The molecule has 0 radical (unpaired) electrons. The average Bonchev–Trinajstić information content (AvgIpc) is 2.60. The lowest BCUT2D eigenvalue weighted by Gasteiger charge is -2.17. The minimum absolute atomic E-state index is 0.00862. The van der Waals surface area contributed by atoms with E-state index in [0.29, 0.717) is 12.2 Å². The van der Waals surface area contributed by atoms with Gasteiger partial charge in [-0.3, -0.25) is 14.6 Å². The number of hydrogen-bond donors (Lipinski definition) is 2. The summed E-state index contributed by atoms with van der Waals surface area (Å²) < 4.78 is 26.8. The number of rotatable bonds is 7. The highest BCUT2D eigenvalue weighted by molar-refractivity contribution is 7.89. The second-order valence-electron chi connectivity index (χ2n) is 5.64. The maximum atomic E-state index is 12.3. The molecule has 1 aromatic carbocycles. The van der Waals surface area contributed by atoms with Crippen LogP contribution in [0.4, 0.5) is 5.69 Å². The summed E-state index contributed by atoms with van der Waals surface area (Å²) in [5, 5.41) is 2.55. The van der Waals surface area contributed by atoms with E-state index < -0.39 is 10.0 Å². The first-order valence-corrected chi connectivity index (χ1v) is 9.26. The number of benzene rings is 1. The van der Waals surface area contributed by atoms with Crippen LogP contribution in [0, 0.1) is 0 Å². The number of carbonyl (C=O) groups is 2. The summed E-state index contributed by atoms with van der Waals surface area (Å²) in [7, 11) is -2.24. The standard InChI is InChI=1S/C17H20N4O4S/c1-13(22)20-15-5-7-16(8-6-15)26(24,25)19-11-17(23)21(2)12-14-4-3-9-18-10-14/h3-10,19H,11-12H2,1-2H3,(H,20,22). The van der Waals surface area contributed by atoms with Gasteiger partial charge in [-0.15, -0.1) is 0 Å².